The molecule has 0 heterocycles. The zero-order chi connectivity index (χ0) is 14.9. The summed E-state index contributed by atoms with van der Waals surface area (Å²) in [7, 11) is 0. The molecule has 0 saturated carbocycles. The van der Waals surface area contributed by atoms with E-state index in [0.717, 1.165) is 11.1 Å². The third-order valence-electron chi connectivity index (χ3n) is 2.61. The van der Waals surface area contributed by atoms with Gasteiger partial charge >= 0.3 is 0 Å². The Balaban J connectivity index is 1.94. The van der Waals surface area contributed by atoms with Gasteiger partial charge in [-0.3, -0.25) is 10.1 Å². The molecule has 2 aromatic rings. The lowest BCUT2D eigenvalue weighted by molar-refractivity contribution is -0.419. The Labute approximate surface area is 132 Å². The van der Waals surface area contributed by atoms with Gasteiger partial charge in [-0.1, -0.05) is 71.1 Å². The molecule has 0 unspecified atom stereocenters. The summed E-state index contributed by atoms with van der Waals surface area (Å²) in [5.41, 5.74) is 2.29. The van der Waals surface area contributed by atoms with Crippen molar-refractivity contribution in [2.24, 2.45) is 0 Å². The zero-order valence-electron chi connectivity index (χ0n) is 11.3. The fraction of sp³-hybridized carbons (Fsp3) is 0.125. The first-order valence-electron chi connectivity index (χ1n) is 6.35. The van der Waals surface area contributed by atoms with Crippen LogP contribution in [0.15, 0.2) is 64.9 Å². The molecule has 2 aromatic carbocycles. The molecular formula is C16H14NO2S2-. The van der Waals surface area contributed by atoms with Gasteiger partial charge in [0.05, 0.1) is 0 Å². The van der Waals surface area contributed by atoms with Gasteiger partial charge in [0.25, 0.3) is 0 Å². The Bertz CT molecular complexity index is 555. The molecule has 2 rings (SSSR count). The average molecular weight is 316 g/mol. The van der Waals surface area contributed by atoms with Crippen LogP contribution in [0.2, 0.25) is 0 Å². The molecule has 0 spiro atoms. The standard InChI is InChI=1S/C16H14NO2S2/c18-17(19)11-16(20-12-14-7-3-1-4-8-14)21-13-15-9-5-2-6-10-15/h1-10H,12-13H2/q-1. The van der Waals surface area contributed by atoms with E-state index >= 15 is 0 Å². The molecule has 0 atom stereocenters. The normalized spacial score (nSPS) is 10.1. The highest BCUT2D eigenvalue weighted by Gasteiger charge is 1.98. The van der Waals surface area contributed by atoms with E-state index in [-0.39, 0.29) is 0 Å². The van der Waals surface area contributed by atoms with Crippen LogP contribution in [0.5, 0.6) is 0 Å². The molecule has 0 aromatic heterocycles. The van der Waals surface area contributed by atoms with Gasteiger partial charge in [0.15, 0.2) is 0 Å². The predicted molar refractivity (Wildman–Crippen MR) is 89.2 cm³/mol. The van der Waals surface area contributed by atoms with Crippen molar-refractivity contribution in [3.8, 4) is 0 Å². The molecule has 0 saturated heterocycles. The molecule has 0 bridgehead atoms. The first kappa shape index (κ1) is 15.7. The van der Waals surface area contributed by atoms with Crippen LogP contribution in [0, 0.1) is 16.3 Å². The van der Waals surface area contributed by atoms with Crippen molar-refractivity contribution in [1.82, 2.24) is 0 Å². The number of nitrogens with zero attached hydrogens (tertiary/aromatic N) is 1. The van der Waals surface area contributed by atoms with Crippen molar-refractivity contribution in [3.05, 3.63) is 92.3 Å². The predicted octanol–water partition coefficient (Wildman–Crippen LogP) is 4.73. The van der Waals surface area contributed by atoms with Gasteiger partial charge in [0.1, 0.15) is 0 Å². The second kappa shape index (κ2) is 8.54. The molecule has 108 valence electrons. The first-order chi connectivity index (χ1) is 10.2. The molecule has 3 nitrogen and oxygen atoms in total. The van der Waals surface area contributed by atoms with Crippen molar-refractivity contribution in [2.75, 3.05) is 0 Å². The summed E-state index contributed by atoms with van der Waals surface area (Å²) >= 11 is 2.90. The highest BCUT2D eigenvalue weighted by Crippen LogP contribution is 2.33. The monoisotopic (exact) mass is 316 g/mol. The van der Waals surface area contributed by atoms with E-state index in [1.54, 1.807) is 0 Å². The molecule has 21 heavy (non-hydrogen) atoms. The maximum Gasteiger partial charge on any atom is 0.0210 e. The van der Waals surface area contributed by atoms with Crippen LogP contribution in [-0.2, 0) is 11.5 Å². The van der Waals surface area contributed by atoms with E-state index in [1.807, 2.05) is 60.7 Å². The van der Waals surface area contributed by atoms with Crippen LogP contribution in [0.4, 0.5) is 0 Å². The van der Waals surface area contributed by atoms with Crippen LogP contribution in [-0.4, -0.2) is 4.92 Å². The van der Waals surface area contributed by atoms with Gasteiger partial charge in [0, 0.05) is 11.5 Å². The maximum atomic E-state index is 10.7. The van der Waals surface area contributed by atoms with Gasteiger partial charge < -0.3 is 0 Å². The highest BCUT2D eigenvalue weighted by atomic mass is 32.2. The fourth-order valence-electron chi connectivity index (χ4n) is 1.63. The molecule has 0 N–H and O–H groups in total. The van der Waals surface area contributed by atoms with Crippen molar-refractivity contribution in [2.45, 2.75) is 11.5 Å². The van der Waals surface area contributed by atoms with Crippen molar-refractivity contribution in [3.63, 3.8) is 0 Å². The van der Waals surface area contributed by atoms with Gasteiger partial charge in [-0.25, -0.2) is 0 Å². The number of hydrogen-bond acceptors (Lipinski definition) is 4. The third-order valence-corrected chi connectivity index (χ3v) is 4.98. The van der Waals surface area contributed by atoms with E-state index in [1.165, 1.54) is 23.5 Å². The van der Waals surface area contributed by atoms with Crippen LogP contribution < -0.4 is 0 Å². The Morgan fingerprint density at radius 3 is 1.71 bits per heavy atom. The van der Waals surface area contributed by atoms with E-state index in [0.29, 0.717) is 15.7 Å². The number of nitro groups is 1. The number of rotatable bonds is 7. The fourth-order valence-corrected chi connectivity index (χ4v) is 3.57. The first-order valence-corrected chi connectivity index (χ1v) is 8.32. The van der Waals surface area contributed by atoms with Crippen molar-refractivity contribution < 1.29 is 4.92 Å². The van der Waals surface area contributed by atoms with Crippen molar-refractivity contribution in [1.29, 1.82) is 0 Å². The highest BCUT2D eigenvalue weighted by molar-refractivity contribution is 8.21. The lowest BCUT2D eigenvalue weighted by Gasteiger charge is -2.12. The SMILES string of the molecule is O=[N+]([O-])[C-]=C(SCc1ccccc1)SCc1ccccc1. The van der Waals surface area contributed by atoms with Gasteiger partial charge in [-0.15, -0.1) is 28.4 Å². The Morgan fingerprint density at radius 2 is 1.33 bits per heavy atom. The summed E-state index contributed by atoms with van der Waals surface area (Å²) in [4.78, 5) is 10.2. The number of benzene rings is 2. The molecule has 0 radical (unpaired) electrons. The summed E-state index contributed by atoms with van der Waals surface area (Å²) in [6, 6.07) is 19.8. The van der Waals surface area contributed by atoms with Gasteiger partial charge in [-0.05, 0) is 11.1 Å². The summed E-state index contributed by atoms with van der Waals surface area (Å²) < 4.78 is 0.604. The van der Waals surface area contributed by atoms with Crippen LogP contribution >= 0.6 is 23.5 Å². The quantitative estimate of drug-likeness (QED) is 0.320. The Morgan fingerprint density at radius 1 is 0.905 bits per heavy atom. The lowest BCUT2D eigenvalue weighted by atomic mass is 10.2. The topological polar surface area (TPSA) is 43.1 Å². The largest absolute Gasteiger partial charge is 0.297 e. The average Bonchev–Trinajstić information content (AvgIpc) is 2.51. The number of hydrogen-bond donors (Lipinski definition) is 0. The molecule has 0 aliphatic rings. The minimum Gasteiger partial charge on any atom is -0.297 e. The summed E-state index contributed by atoms with van der Waals surface area (Å²) in [5.74, 6) is 1.41. The summed E-state index contributed by atoms with van der Waals surface area (Å²) in [6.07, 6.45) is 2.29. The van der Waals surface area contributed by atoms with Crippen LogP contribution in [0.3, 0.4) is 0 Å². The van der Waals surface area contributed by atoms with E-state index in [9.17, 15) is 10.1 Å². The Kier molecular flexibility index (Phi) is 6.37. The lowest BCUT2D eigenvalue weighted by Crippen LogP contribution is -1.89. The Hall–Kier alpha value is -1.72. The van der Waals surface area contributed by atoms with E-state index in [4.69, 9.17) is 0 Å². The van der Waals surface area contributed by atoms with Gasteiger partial charge in [0.2, 0.25) is 0 Å². The van der Waals surface area contributed by atoms with E-state index in [2.05, 4.69) is 6.20 Å². The van der Waals surface area contributed by atoms with Crippen LogP contribution in [0.1, 0.15) is 11.1 Å². The second-order valence-corrected chi connectivity index (χ2v) is 6.43. The minimum atomic E-state index is -0.509. The van der Waals surface area contributed by atoms with Crippen LogP contribution in [0.25, 0.3) is 0 Å². The molecule has 5 heteroatoms. The zero-order valence-corrected chi connectivity index (χ0v) is 12.9. The van der Waals surface area contributed by atoms with E-state index < -0.39 is 4.92 Å². The molecule has 0 aliphatic carbocycles. The maximum absolute atomic E-state index is 10.7. The molecule has 0 aliphatic heterocycles. The summed E-state index contributed by atoms with van der Waals surface area (Å²) in [5, 5.41) is 10.7. The van der Waals surface area contributed by atoms with Gasteiger partial charge in [-0.2, -0.15) is 0 Å². The molecule has 0 amide bonds. The minimum absolute atomic E-state index is 0.509. The molecular weight excluding hydrogens is 302 g/mol. The smallest absolute Gasteiger partial charge is 0.0210 e. The molecule has 0 fully saturated rings. The van der Waals surface area contributed by atoms with Crippen molar-refractivity contribution >= 4 is 23.5 Å². The third kappa shape index (κ3) is 6.06. The summed E-state index contributed by atoms with van der Waals surface area (Å²) in [6.45, 7) is 0. The second-order valence-electron chi connectivity index (χ2n) is 4.20. The number of thioether (sulfide) groups is 2.